The highest BCUT2D eigenvalue weighted by Crippen LogP contribution is 2.03. The first-order valence-electron chi connectivity index (χ1n) is 5.14. The number of amides is 1. The highest BCUT2D eigenvalue weighted by atomic mass is 16.1. The van der Waals surface area contributed by atoms with Crippen LogP contribution >= 0.6 is 0 Å². The lowest BCUT2D eigenvalue weighted by atomic mass is 10.1. The van der Waals surface area contributed by atoms with Crippen molar-refractivity contribution in [3.63, 3.8) is 0 Å². The summed E-state index contributed by atoms with van der Waals surface area (Å²) in [5.74, 6) is 5.72. The largest absolute Gasteiger partial charge is 0.348 e. The molecular formula is C10H17N5O. The minimum absolute atomic E-state index is 0.0987. The summed E-state index contributed by atoms with van der Waals surface area (Å²) in [5, 5.41) is 2.84. The second kappa shape index (κ2) is 5.41. The Kier molecular flexibility index (Phi) is 4.19. The maximum atomic E-state index is 11.7. The minimum Gasteiger partial charge on any atom is -0.348 e. The molecule has 0 aliphatic carbocycles. The van der Waals surface area contributed by atoms with Gasteiger partial charge < -0.3 is 10.7 Å². The van der Waals surface area contributed by atoms with Crippen LogP contribution in [0.25, 0.3) is 0 Å². The maximum absolute atomic E-state index is 11.7. The van der Waals surface area contributed by atoms with E-state index >= 15 is 0 Å². The van der Waals surface area contributed by atoms with E-state index in [-0.39, 0.29) is 17.6 Å². The lowest BCUT2D eigenvalue weighted by Gasteiger charge is -2.16. The van der Waals surface area contributed by atoms with Crippen LogP contribution in [0.1, 0.15) is 31.3 Å². The summed E-state index contributed by atoms with van der Waals surface area (Å²) in [6.07, 6.45) is 2.80. The van der Waals surface area contributed by atoms with Gasteiger partial charge in [0.2, 0.25) is 0 Å². The van der Waals surface area contributed by atoms with Gasteiger partial charge in [-0.15, -0.1) is 0 Å². The normalized spacial score (nSPS) is 12.3. The van der Waals surface area contributed by atoms with Gasteiger partial charge >= 0.3 is 0 Å². The molecule has 6 heteroatoms. The van der Waals surface area contributed by atoms with E-state index < -0.39 is 0 Å². The maximum Gasteiger partial charge on any atom is 0.271 e. The van der Waals surface area contributed by atoms with E-state index in [9.17, 15) is 4.79 Å². The Balaban J connectivity index is 2.66. The Hall–Kier alpha value is -1.69. The minimum atomic E-state index is -0.225. The van der Waals surface area contributed by atoms with Gasteiger partial charge in [-0.3, -0.25) is 4.79 Å². The van der Waals surface area contributed by atoms with Crippen LogP contribution in [-0.4, -0.2) is 21.9 Å². The van der Waals surface area contributed by atoms with Crippen molar-refractivity contribution in [3.05, 3.63) is 18.1 Å². The smallest absolute Gasteiger partial charge is 0.271 e. The highest BCUT2D eigenvalue weighted by Gasteiger charge is 2.13. The van der Waals surface area contributed by atoms with E-state index in [4.69, 9.17) is 5.84 Å². The number of hydrazine groups is 1. The Morgan fingerprint density at radius 3 is 2.44 bits per heavy atom. The van der Waals surface area contributed by atoms with Crippen molar-refractivity contribution < 1.29 is 4.79 Å². The van der Waals surface area contributed by atoms with E-state index in [0.29, 0.717) is 11.7 Å². The third-order valence-corrected chi connectivity index (χ3v) is 2.39. The topological polar surface area (TPSA) is 92.9 Å². The zero-order valence-electron chi connectivity index (χ0n) is 9.69. The molecule has 6 nitrogen and oxygen atoms in total. The predicted molar refractivity (Wildman–Crippen MR) is 61.6 cm³/mol. The molecule has 1 atom stereocenters. The molecule has 0 aliphatic rings. The van der Waals surface area contributed by atoms with E-state index in [1.807, 2.05) is 20.8 Å². The van der Waals surface area contributed by atoms with Crippen molar-refractivity contribution >= 4 is 11.7 Å². The van der Waals surface area contributed by atoms with Crippen molar-refractivity contribution in [2.75, 3.05) is 5.43 Å². The number of anilines is 1. The number of carbonyl (C=O) groups excluding carboxylic acids is 1. The number of aromatic nitrogens is 2. The zero-order chi connectivity index (χ0) is 12.1. The predicted octanol–water partition coefficient (Wildman–Crippen LogP) is 0.536. The van der Waals surface area contributed by atoms with Gasteiger partial charge in [0.25, 0.3) is 5.91 Å². The van der Waals surface area contributed by atoms with Crippen LogP contribution in [0.3, 0.4) is 0 Å². The molecule has 4 N–H and O–H groups in total. The van der Waals surface area contributed by atoms with Crippen LogP contribution in [-0.2, 0) is 0 Å². The fraction of sp³-hybridized carbons (Fsp3) is 0.500. The summed E-state index contributed by atoms with van der Waals surface area (Å²) in [7, 11) is 0. The van der Waals surface area contributed by atoms with Crippen molar-refractivity contribution in [2.24, 2.45) is 11.8 Å². The fourth-order valence-corrected chi connectivity index (χ4v) is 0.967. The van der Waals surface area contributed by atoms with Gasteiger partial charge in [0, 0.05) is 6.04 Å². The van der Waals surface area contributed by atoms with Gasteiger partial charge in [-0.2, -0.15) is 0 Å². The Bertz CT molecular complexity index is 349. The van der Waals surface area contributed by atoms with Gasteiger partial charge in [0.05, 0.1) is 12.4 Å². The number of nitrogen functional groups attached to an aromatic ring is 1. The molecule has 0 spiro atoms. The van der Waals surface area contributed by atoms with Crippen molar-refractivity contribution in [3.8, 4) is 0 Å². The Morgan fingerprint density at radius 2 is 2.00 bits per heavy atom. The molecule has 0 bridgehead atoms. The van der Waals surface area contributed by atoms with Gasteiger partial charge in [0.1, 0.15) is 5.69 Å². The molecule has 0 aliphatic heterocycles. The lowest BCUT2D eigenvalue weighted by Crippen LogP contribution is -2.36. The van der Waals surface area contributed by atoms with Crippen LogP contribution in [0.5, 0.6) is 0 Å². The molecule has 0 fully saturated rings. The van der Waals surface area contributed by atoms with Crippen molar-refractivity contribution in [1.29, 1.82) is 0 Å². The molecule has 0 aromatic carbocycles. The van der Waals surface area contributed by atoms with E-state index in [1.165, 1.54) is 12.4 Å². The van der Waals surface area contributed by atoms with Crippen LogP contribution in [0, 0.1) is 5.92 Å². The van der Waals surface area contributed by atoms with Gasteiger partial charge in [0.15, 0.2) is 5.82 Å². The van der Waals surface area contributed by atoms with Crippen LogP contribution in [0.15, 0.2) is 12.4 Å². The van der Waals surface area contributed by atoms with E-state index in [2.05, 4.69) is 20.7 Å². The summed E-state index contributed by atoms with van der Waals surface area (Å²) in [6.45, 7) is 6.03. The van der Waals surface area contributed by atoms with Crippen molar-refractivity contribution in [1.82, 2.24) is 15.3 Å². The molecular weight excluding hydrogens is 206 g/mol. The molecule has 1 rings (SSSR count). The van der Waals surface area contributed by atoms with Crippen LogP contribution in [0.4, 0.5) is 5.82 Å². The molecule has 1 aromatic rings. The highest BCUT2D eigenvalue weighted by molar-refractivity contribution is 5.92. The van der Waals surface area contributed by atoms with Crippen LogP contribution in [0.2, 0.25) is 0 Å². The number of nitrogens with zero attached hydrogens (tertiary/aromatic N) is 2. The number of carbonyl (C=O) groups is 1. The fourth-order valence-electron chi connectivity index (χ4n) is 0.967. The lowest BCUT2D eigenvalue weighted by molar-refractivity contribution is 0.0925. The molecule has 1 unspecified atom stereocenters. The average molecular weight is 223 g/mol. The molecule has 1 aromatic heterocycles. The SMILES string of the molecule is CC(C)C(C)NC(=O)c1cnc(NN)cn1. The molecule has 0 saturated carbocycles. The first-order valence-corrected chi connectivity index (χ1v) is 5.14. The molecule has 1 amide bonds. The quantitative estimate of drug-likeness (QED) is 0.511. The second-order valence-corrected chi connectivity index (χ2v) is 3.94. The number of nitrogens with one attached hydrogen (secondary N) is 2. The van der Waals surface area contributed by atoms with Crippen LogP contribution < -0.4 is 16.6 Å². The van der Waals surface area contributed by atoms with Crippen molar-refractivity contribution in [2.45, 2.75) is 26.8 Å². The van der Waals surface area contributed by atoms with Gasteiger partial charge in [-0.1, -0.05) is 13.8 Å². The third-order valence-electron chi connectivity index (χ3n) is 2.39. The monoisotopic (exact) mass is 223 g/mol. The summed E-state index contributed by atoms with van der Waals surface area (Å²) >= 11 is 0. The molecule has 88 valence electrons. The summed E-state index contributed by atoms with van der Waals surface area (Å²) in [6, 6.07) is 0.0987. The van der Waals surface area contributed by atoms with Gasteiger partial charge in [-0.25, -0.2) is 15.8 Å². The molecule has 16 heavy (non-hydrogen) atoms. The molecule has 1 heterocycles. The Labute approximate surface area is 94.6 Å². The third kappa shape index (κ3) is 3.16. The first kappa shape index (κ1) is 12.4. The summed E-state index contributed by atoms with van der Waals surface area (Å²) in [5.41, 5.74) is 2.63. The average Bonchev–Trinajstić information content (AvgIpc) is 2.28. The molecule has 0 radical (unpaired) electrons. The summed E-state index contributed by atoms with van der Waals surface area (Å²) < 4.78 is 0. The number of rotatable bonds is 4. The Morgan fingerprint density at radius 1 is 1.31 bits per heavy atom. The van der Waals surface area contributed by atoms with E-state index in [0.717, 1.165) is 0 Å². The summed E-state index contributed by atoms with van der Waals surface area (Å²) in [4.78, 5) is 19.5. The first-order chi connectivity index (χ1) is 7.54. The standard InChI is InChI=1S/C10H17N5O/c1-6(2)7(3)14-10(16)8-4-13-9(15-11)5-12-8/h4-7H,11H2,1-3H3,(H,13,15)(H,14,16). The number of hydrogen-bond acceptors (Lipinski definition) is 5. The number of nitrogens with two attached hydrogens (primary N) is 1. The molecule has 0 saturated heterocycles. The van der Waals surface area contributed by atoms with E-state index in [1.54, 1.807) is 0 Å². The number of hydrogen-bond donors (Lipinski definition) is 3. The second-order valence-electron chi connectivity index (χ2n) is 3.94. The zero-order valence-corrected chi connectivity index (χ0v) is 9.69. The van der Waals surface area contributed by atoms with Gasteiger partial charge in [-0.05, 0) is 12.8 Å².